The summed E-state index contributed by atoms with van der Waals surface area (Å²) in [6, 6.07) is 9.70. The van der Waals surface area contributed by atoms with Crippen molar-refractivity contribution < 1.29 is 28.9 Å². The Bertz CT molecular complexity index is 680. The average Bonchev–Trinajstić information content (AvgIpc) is 2.55. The molecule has 1 aromatic rings. The van der Waals surface area contributed by atoms with Crippen LogP contribution in [0.15, 0.2) is 42.2 Å². The number of rotatable bonds is 9. The van der Waals surface area contributed by atoms with Gasteiger partial charge in [-0.05, 0) is 53.5 Å². The van der Waals surface area contributed by atoms with Gasteiger partial charge in [-0.3, -0.25) is 4.79 Å². The summed E-state index contributed by atoms with van der Waals surface area (Å²) in [5.41, 5.74) is -0.270. The van der Waals surface area contributed by atoms with Crippen molar-refractivity contribution in [2.75, 3.05) is 6.61 Å². The molecule has 0 aliphatic carbocycles. The molecule has 0 aliphatic heterocycles. The van der Waals surface area contributed by atoms with Gasteiger partial charge in [-0.25, -0.2) is 4.79 Å². The maximum absolute atomic E-state index is 12.2. The van der Waals surface area contributed by atoms with Crippen molar-refractivity contribution in [2.45, 2.75) is 72.2 Å². The predicted octanol–water partition coefficient (Wildman–Crippen LogP) is 4.72. The molecule has 1 N–H and O–H groups in total. The Morgan fingerprint density at radius 1 is 1.00 bits per heavy atom. The Morgan fingerprint density at radius 2 is 1.59 bits per heavy atom. The number of allylic oxidation sites excluding steroid dienone is 1. The fourth-order valence-electron chi connectivity index (χ4n) is 2.50. The first-order valence-corrected chi connectivity index (χ1v) is 9.83. The molecule has 0 aliphatic rings. The Kier molecular flexibility index (Phi) is 9.37. The van der Waals surface area contributed by atoms with E-state index < -0.39 is 29.1 Å². The highest BCUT2D eigenvalue weighted by molar-refractivity contribution is 5.83. The molecule has 0 heterocycles. The molecular formula is C23H34O6. The molecule has 0 amide bonds. The Morgan fingerprint density at radius 3 is 2.14 bits per heavy atom. The smallest absolute Gasteiger partial charge is 0.334 e. The molecule has 0 fully saturated rings. The summed E-state index contributed by atoms with van der Waals surface area (Å²) in [6.45, 7) is 11.3. The van der Waals surface area contributed by atoms with E-state index in [0.29, 0.717) is 19.6 Å². The van der Waals surface area contributed by atoms with Gasteiger partial charge >= 0.3 is 11.9 Å². The molecule has 1 rings (SSSR count). The molecule has 1 aromatic carbocycles. The number of ether oxygens (including phenoxy) is 3. The first-order valence-electron chi connectivity index (χ1n) is 9.83. The van der Waals surface area contributed by atoms with E-state index in [9.17, 15) is 14.7 Å². The highest BCUT2D eigenvalue weighted by Gasteiger charge is 2.24. The second-order valence-corrected chi connectivity index (χ2v) is 8.92. The highest BCUT2D eigenvalue weighted by atomic mass is 16.6. The maximum atomic E-state index is 12.2. The molecule has 0 saturated carbocycles. The highest BCUT2D eigenvalue weighted by Crippen LogP contribution is 2.21. The minimum atomic E-state index is -0.673. The molecule has 0 radical (unpaired) electrons. The minimum absolute atomic E-state index is 0.0584. The maximum Gasteiger partial charge on any atom is 0.334 e. The van der Waals surface area contributed by atoms with Gasteiger partial charge in [0.05, 0.1) is 19.1 Å². The van der Waals surface area contributed by atoms with Gasteiger partial charge in [0.1, 0.15) is 17.0 Å². The van der Waals surface area contributed by atoms with E-state index in [4.69, 9.17) is 14.2 Å². The second kappa shape index (κ2) is 11.0. The Labute approximate surface area is 173 Å². The van der Waals surface area contributed by atoms with Crippen molar-refractivity contribution in [3.05, 3.63) is 47.7 Å². The molecule has 0 spiro atoms. The van der Waals surface area contributed by atoms with Crippen LogP contribution in [0, 0.1) is 5.92 Å². The zero-order valence-electron chi connectivity index (χ0n) is 18.4. The van der Waals surface area contributed by atoms with Crippen LogP contribution in [-0.2, 0) is 30.4 Å². The van der Waals surface area contributed by atoms with Gasteiger partial charge in [0, 0.05) is 12.5 Å². The van der Waals surface area contributed by atoms with E-state index in [1.54, 1.807) is 41.5 Å². The predicted molar refractivity (Wildman–Crippen MR) is 111 cm³/mol. The summed E-state index contributed by atoms with van der Waals surface area (Å²) >= 11 is 0. The minimum Gasteiger partial charge on any atom is -0.512 e. The zero-order valence-corrected chi connectivity index (χ0v) is 18.4. The van der Waals surface area contributed by atoms with Gasteiger partial charge in [0.25, 0.3) is 0 Å². The van der Waals surface area contributed by atoms with E-state index in [1.807, 2.05) is 30.3 Å². The van der Waals surface area contributed by atoms with Crippen LogP contribution in [0.2, 0.25) is 0 Å². The molecule has 162 valence electrons. The molecule has 6 heteroatoms. The van der Waals surface area contributed by atoms with Crippen LogP contribution in [0.5, 0.6) is 0 Å². The van der Waals surface area contributed by atoms with Gasteiger partial charge in [-0.1, -0.05) is 30.3 Å². The lowest BCUT2D eigenvalue weighted by molar-refractivity contribution is -0.156. The van der Waals surface area contributed by atoms with Crippen molar-refractivity contribution >= 4 is 11.9 Å². The van der Waals surface area contributed by atoms with Crippen molar-refractivity contribution in [3.63, 3.8) is 0 Å². The molecule has 0 aromatic heterocycles. The van der Waals surface area contributed by atoms with E-state index >= 15 is 0 Å². The van der Waals surface area contributed by atoms with Gasteiger partial charge < -0.3 is 19.3 Å². The van der Waals surface area contributed by atoms with Crippen molar-refractivity contribution in [2.24, 2.45) is 5.92 Å². The third kappa shape index (κ3) is 12.0. The van der Waals surface area contributed by atoms with E-state index in [2.05, 4.69) is 0 Å². The summed E-state index contributed by atoms with van der Waals surface area (Å²) in [7, 11) is 0. The normalized spacial score (nSPS) is 13.7. The van der Waals surface area contributed by atoms with Crippen LogP contribution < -0.4 is 0 Å². The Hall–Kier alpha value is -2.34. The standard InChI is InChI=1S/C23H34O6/c1-22(2,3)28-20(25)14-18(19(24)15-21(26)29-23(4,5)6)12-13-27-16-17-10-8-7-9-11-17/h7-11,15,18,24H,12-14,16H2,1-6H3/b19-15-/t18-/m0/s1. The zero-order chi connectivity index (χ0) is 22.1. The van der Waals surface area contributed by atoms with E-state index in [-0.39, 0.29) is 12.2 Å². The van der Waals surface area contributed by atoms with Gasteiger partial charge in [-0.2, -0.15) is 0 Å². The number of carbonyl (C=O) groups excluding carboxylic acids is 2. The summed E-state index contributed by atoms with van der Waals surface area (Å²) in [6.07, 6.45) is 1.33. The van der Waals surface area contributed by atoms with E-state index in [1.165, 1.54) is 0 Å². The average molecular weight is 407 g/mol. The fourth-order valence-corrected chi connectivity index (χ4v) is 2.50. The number of hydrogen-bond acceptors (Lipinski definition) is 6. The molecule has 0 saturated heterocycles. The third-order valence-electron chi connectivity index (χ3n) is 3.65. The lowest BCUT2D eigenvalue weighted by atomic mass is 9.98. The van der Waals surface area contributed by atoms with Crippen LogP contribution in [0.1, 0.15) is 59.9 Å². The molecule has 0 unspecified atom stereocenters. The van der Waals surface area contributed by atoms with Gasteiger partial charge in [0.15, 0.2) is 0 Å². The monoisotopic (exact) mass is 406 g/mol. The summed E-state index contributed by atoms with van der Waals surface area (Å²) < 4.78 is 16.2. The molecule has 29 heavy (non-hydrogen) atoms. The summed E-state index contributed by atoms with van der Waals surface area (Å²) in [5.74, 6) is -1.93. The first-order chi connectivity index (χ1) is 13.4. The molecule has 0 bridgehead atoms. The molecular weight excluding hydrogens is 372 g/mol. The van der Waals surface area contributed by atoms with Crippen molar-refractivity contribution in [1.29, 1.82) is 0 Å². The number of carbonyl (C=O) groups is 2. The first kappa shape index (κ1) is 24.7. The van der Waals surface area contributed by atoms with Crippen LogP contribution in [0.4, 0.5) is 0 Å². The van der Waals surface area contributed by atoms with Crippen LogP contribution >= 0.6 is 0 Å². The topological polar surface area (TPSA) is 82.1 Å². The molecule has 6 nitrogen and oxygen atoms in total. The van der Waals surface area contributed by atoms with Crippen molar-refractivity contribution in [1.82, 2.24) is 0 Å². The van der Waals surface area contributed by atoms with Crippen LogP contribution in [0.3, 0.4) is 0 Å². The van der Waals surface area contributed by atoms with Crippen LogP contribution in [0.25, 0.3) is 0 Å². The lowest BCUT2D eigenvalue weighted by Gasteiger charge is -2.22. The van der Waals surface area contributed by atoms with Crippen molar-refractivity contribution in [3.8, 4) is 0 Å². The Balaban J connectivity index is 2.73. The summed E-state index contributed by atoms with van der Waals surface area (Å²) in [4.78, 5) is 24.2. The number of esters is 2. The van der Waals surface area contributed by atoms with E-state index in [0.717, 1.165) is 11.6 Å². The number of aliphatic hydroxyl groups is 1. The number of benzene rings is 1. The quantitative estimate of drug-likeness (QED) is 0.276. The summed E-state index contributed by atoms with van der Waals surface area (Å²) in [5, 5.41) is 10.4. The number of aliphatic hydroxyl groups excluding tert-OH is 1. The lowest BCUT2D eigenvalue weighted by Crippen LogP contribution is -2.26. The fraction of sp³-hybridized carbons (Fsp3) is 0.565. The second-order valence-electron chi connectivity index (χ2n) is 8.92. The third-order valence-corrected chi connectivity index (χ3v) is 3.65. The van der Waals surface area contributed by atoms with Gasteiger partial charge in [0.2, 0.25) is 0 Å². The largest absolute Gasteiger partial charge is 0.512 e. The van der Waals surface area contributed by atoms with Gasteiger partial charge in [-0.15, -0.1) is 0 Å². The molecule has 1 atom stereocenters. The number of hydrogen-bond donors (Lipinski definition) is 1. The SMILES string of the molecule is CC(C)(C)OC(=O)/C=C(\O)[C@@H](CCOCc1ccccc1)CC(=O)OC(C)(C)C. The van der Waals surface area contributed by atoms with Crippen LogP contribution in [-0.4, -0.2) is 34.9 Å².